The number of thioether (sulfide) groups is 1. The zero-order valence-electron chi connectivity index (χ0n) is 12.6. The van der Waals surface area contributed by atoms with Crippen LogP contribution in [0.3, 0.4) is 0 Å². The van der Waals surface area contributed by atoms with E-state index in [1.807, 2.05) is 43.5 Å². The minimum Gasteiger partial charge on any atom is -0.394 e. The quantitative estimate of drug-likeness (QED) is 0.725. The van der Waals surface area contributed by atoms with E-state index in [2.05, 4.69) is 10.6 Å². The smallest absolute Gasteiger partial charge is 0.315 e. The molecular weight excluding hydrogens is 284 g/mol. The summed E-state index contributed by atoms with van der Waals surface area (Å²) in [5.74, 6) is 1.21. The lowest BCUT2D eigenvalue weighted by atomic mass is 9.97. The molecule has 0 radical (unpaired) electrons. The molecule has 2 atom stereocenters. The lowest BCUT2D eigenvalue weighted by Crippen LogP contribution is -2.54. The number of urea groups is 1. The van der Waals surface area contributed by atoms with Gasteiger partial charge in [0.05, 0.1) is 18.2 Å². The summed E-state index contributed by atoms with van der Waals surface area (Å²) in [6.07, 6.45) is 4.17. The van der Waals surface area contributed by atoms with Crippen LogP contribution in [0.15, 0.2) is 30.3 Å². The SMILES string of the molecule is CSC[C@H](NC(=O)N[C@](C)(CO)C1CC1)c1ccccc1. The van der Waals surface area contributed by atoms with Crippen LogP contribution >= 0.6 is 11.8 Å². The molecule has 0 unspecified atom stereocenters. The number of rotatable bonds is 7. The van der Waals surface area contributed by atoms with Crippen LogP contribution < -0.4 is 10.6 Å². The lowest BCUT2D eigenvalue weighted by Gasteiger charge is -2.30. The van der Waals surface area contributed by atoms with E-state index in [0.717, 1.165) is 24.2 Å². The number of benzene rings is 1. The molecule has 0 heterocycles. The second-order valence-electron chi connectivity index (χ2n) is 5.87. The highest BCUT2D eigenvalue weighted by Gasteiger charge is 2.42. The second kappa shape index (κ2) is 7.18. The van der Waals surface area contributed by atoms with Gasteiger partial charge in [0.15, 0.2) is 0 Å². The van der Waals surface area contributed by atoms with E-state index >= 15 is 0 Å². The molecule has 21 heavy (non-hydrogen) atoms. The van der Waals surface area contributed by atoms with Crippen LogP contribution in [0.2, 0.25) is 0 Å². The predicted molar refractivity (Wildman–Crippen MR) is 87.4 cm³/mol. The van der Waals surface area contributed by atoms with Gasteiger partial charge >= 0.3 is 6.03 Å². The fourth-order valence-electron chi connectivity index (χ4n) is 2.52. The van der Waals surface area contributed by atoms with Gasteiger partial charge < -0.3 is 15.7 Å². The van der Waals surface area contributed by atoms with Gasteiger partial charge in [0.25, 0.3) is 0 Å². The van der Waals surface area contributed by atoms with Gasteiger partial charge in [-0.05, 0) is 37.5 Å². The molecule has 3 N–H and O–H groups in total. The number of amides is 2. The Labute approximate surface area is 130 Å². The van der Waals surface area contributed by atoms with Crippen LogP contribution in [-0.2, 0) is 0 Å². The predicted octanol–water partition coefficient (Wildman–Crippen LogP) is 2.55. The largest absolute Gasteiger partial charge is 0.394 e. The number of nitrogens with one attached hydrogen (secondary N) is 2. The molecule has 2 rings (SSSR count). The fraction of sp³-hybridized carbons (Fsp3) is 0.562. The van der Waals surface area contributed by atoms with Gasteiger partial charge in [0.1, 0.15) is 0 Å². The normalized spacial score (nSPS) is 18.6. The van der Waals surface area contributed by atoms with Crippen molar-refractivity contribution in [1.29, 1.82) is 0 Å². The lowest BCUT2D eigenvalue weighted by molar-refractivity contribution is 0.154. The monoisotopic (exact) mass is 308 g/mol. The van der Waals surface area contributed by atoms with Crippen LogP contribution in [0.5, 0.6) is 0 Å². The summed E-state index contributed by atoms with van der Waals surface area (Å²) in [7, 11) is 0. The molecule has 5 heteroatoms. The minimum absolute atomic E-state index is 0.0242. The number of hydrogen-bond acceptors (Lipinski definition) is 3. The average Bonchev–Trinajstić information content (AvgIpc) is 3.32. The first-order valence-corrected chi connectivity index (χ1v) is 8.72. The van der Waals surface area contributed by atoms with Gasteiger partial charge in [-0.2, -0.15) is 11.8 Å². The number of carbonyl (C=O) groups excluding carboxylic acids is 1. The summed E-state index contributed by atoms with van der Waals surface area (Å²) in [6.45, 7) is 1.89. The molecule has 1 aliphatic carbocycles. The zero-order valence-corrected chi connectivity index (χ0v) is 13.5. The van der Waals surface area contributed by atoms with Crippen molar-refractivity contribution in [3.8, 4) is 0 Å². The molecule has 1 fully saturated rings. The van der Waals surface area contributed by atoms with E-state index in [0.29, 0.717) is 5.92 Å². The van der Waals surface area contributed by atoms with Crippen molar-refractivity contribution in [1.82, 2.24) is 10.6 Å². The van der Waals surface area contributed by atoms with Gasteiger partial charge in [0, 0.05) is 5.75 Å². The summed E-state index contributed by atoms with van der Waals surface area (Å²) in [6, 6.07) is 9.73. The number of carbonyl (C=O) groups is 1. The third-order valence-electron chi connectivity index (χ3n) is 4.05. The number of hydrogen-bond donors (Lipinski definition) is 3. The average molecular weight is 308 g/mol. The molecule has 4 nitrogen and oxygen atoms in total. The van der Waals surface area contributed by atoms with Crippen molar-refractivity contribution < 1.29 is 9.90 Å². The first-order valence-electron chi connectivity index (χ1n) is 7.32. The van der Waals surface area contributed by atoms with Gasteiger partial charge in [-0.1, -0.05) is 30.3 Å². The van der Waals surface area contributed by atoms with Gasteiger partial charge in [-0.3, -0.25) is 0 Å². The van der Waals surface area contributed by atoms with Crippen LogP contribution in [0, 0.1) is 5.92 Å². The second-order valence-corrected chi connectivity index (χ2v) is 6.78. The van der Waals surface area contributed by atoms with Gasteiger partial charge in [-0.25, -0.2) is 4.79 Å². The highest BCUT2D eigenvalue weighted by Crippen LogP contribution is 2.39. The molecule has 1 saturated carbocycles. The maximum atomic E-state index is 12.3. The van der Waals surface area contributed by atoms with E-state index in [4.69, 9.17) is 0 Å². The molecule has 0 aliphatic heterocycles. The molecule has 0 spiro atoms. The molecule has 0 aromatic heterocycles. The van der Waals surface area contributed by atoms with E-state index < -0.39 is 5.54 Å². The summed E-state index contributed by atoms with van der Waals surface area (Å²) in [4.78, 5) is 12.3. The Morgan fingerprint density at radius 1 is 1.43 bits per heavy atom. The molecule has 116 valence electrons. The number of aliphatic hydroxyl groups excluding tert-OH is 1. The van der Waals surface area contributed by atoms with Crippen molar-refractivity contribution in [3.05, 3.63) is 35.9 Å². The maximum Gasteiger partial charge on any atom is 0.315 e. The molecule has 1 aliphatic rings. The van der Waals surface area contributed by atoms with Crippen molar-refractivity contribution in [2.24, 2.45) is 5.92 Å². The molecule has 1 aromatic rings. The molecule has 1 aromatic carbocycles. The molecule has 0 saturated heterocycles. The highest BCUT2D eigenvalue weighted by molar-refractivity contribution is 7.98. The Hall–Kier alpha value is -1.20. The third-order valence-corrected chi connectivity index (χ3v) is 4.71. The van der Waals surface area contributed by atoms with Gasteiger partial charge in [-0.15, -0.1) is 0 Å². The summed E-state index contributed by atoms with van der Waals surface area (Å²) in [5, 5.41) is 15.5. The number of aliphatic hydroxyl groups is 1. The van der Waals surface area contributed by atoms with Crippen LogP contribution in [0.25, 0.3) is 0 Å². The Kier molecular flexibility index (Phi) is 5.53. The molecule has 0 bridgehead atoms. The van der Waals surface area contributed by atoms with Crippen molar-refractivity contribution >= 4 is 17.8 Å². The maximum absolute atomic E-state index is 12.3. The van der Waals surface area contributed by atoms with Crippen molar-refractivity contribution in [2.45, 2.75) is 31.3 Å². The first-order chi connectivity index (χ1) is 10.1. The Morgan fingerprint density at radius 3 is 2.62 bits per heavy atom. The van der Waals surface area contributed by atoms with E-state index in [-0.39, 0.29) is 18.7 Å². The van der Waals surface area contributed by atoms with Crippen molar-refractivity contribution in [2.75, 3.05) is 18.6 Å². The van der Waals surface area contributed by atoms with Crippen LogP contribution in [-0.4, -0.2) is 35.3 Å². The minimum atomic E-state index is -0.509. The molecule has 2 amide bonds. The zero-order chi connectivity index (χ0) is 15.3. The summed E-state index contributed by atoms with van der Waals surface area (Å²) >= 11 is 1.70. The third kappa shape index (κ3) is 4.38. The highest BCUT2D eigenvalue weighted by atomic mass is 32.2. The van der Waals surface area contributed by atoms with Gasteiger partial charge in [0.2, 0.25) is 0 Å². The Morgan fingerprint density at radius 2 is 2.10 bits per heavy atom. The summed E-state index contributed by atoms with van der Waals surface area (Å²) < 4.78 is 0. The van der Waals surface area contributed by atoms with Crippen LogP contribution in [0.1, 0.15) is 31.4 Å². The fourth-order valence-corrected chi connectivity index (χ4v) is 3.13. The van der Waals surface area contributed by atoms with E-state index in [9.17, 15) is 9.90 Å². The van der Waals surface area contributed by atoms with Crippen molar-refractivity contribution in [3.63, 3.8) is 0 Å². The van der Waals surface area contributed by atoms with E-state index in [1.54, 1.807) is 11.8 Å². The summed E-state index contributed by atoms with van der Waals surface area (Å²) in [5.41, 5.74) is 0.587. The Balaban J connectivity index is 1.98. The molecular formula is C16H24N2O2S. The van der Waals surface area contributed by atoms with Crippen LogP contribution in [0.4, 0.5) is 4.79 Å². The van der Waals surface area contributed by atoms with E-state index in [1.165, 1.54) is 0 Å². The Bertz CT molecular complexity index is 465. The first kappa shape index (κ1) is 16.2. The standard InChI is InChI=1S/C16H24N2O2S/c1-16(11-19,13-8-9-13)18-15(20)17-14(10-21-2)12-6-4-3-5-7-12/h3-7,13-14,19H,8-11H2,1-2H3,(H2,17,18,20)/t14-,16+/m0/s1. The topological polar surface area (TPSA) is 61.4 Å².